The zero-order valence-electron chi connectivity index (χ0n) is 19.4. The first-order valence-corrected chi connectivity index (χ1v) is 11.9. The number of likely N-dealkylation sites (N-methyl/N-ethyl adjacent to an activating group) is 1. The largest absolute Gasteiger partial charge is 0.504 e. The van der Waals surface area contributed by atoms with Gasteiger partial charge in [-0.2, -0.15) is 0 Å². The van der Waals surface area contributed by atoms with Crippen LogP contribution in [0.4, 0.5) is 0 Å². The first-order chi connectivity index (χ1) is 14.6. The molecule has 7 rings (SSSR count). The zero-order chi connectivity index (χ0) is 22.0. The van der Waals surface area contributed by atoms with Crippen molar-refractivity contribution in [3.05, 3.63) is 35.4 Å². The number of hydrogen-bond donors (Lipinski definition) is 2. The summed E-state index contributed by atoms with van der Waals surface area (Å²) >= 11 is 0. The van der Waals surface area contributed by atoms with E-state index in [9.17, 15) is 10.2 Å². The average Bonchev–Trinajstić information content (AvgIpc) is 3.03. The van der Waals surface area contributed by atoms with Crippen molar-refractivity contribution < 1.29 is 19.7 Å². The Labute approximate surface area is 185 Å². The first kappa shape index (κ1) is 20.1. The number of likely N-dealkylation sites (tertiary alicyclic amines) is 1. The summed E-state index contributed by atoms with van der Waals surface area (Å²) in [6.07, 6.45) is 9.04. The molecule has 1 saturated heterocycles. The lowest BCUT2D eigenvalue weighted by atomic mass is 9.32. The highest BCUT2D eigenvalue weighted by molar-refractivity contribution is 5.67. The standard InChI is InChI=1S/C26H35NO4/c1-6-9-22(2,29)18-15-24-10-11-26(18,30-5)23(3)25(24)12-13-27(4)19(24)14-16-7-8-17(28)21(31-23)20(16)25/h7-8,10-11,18-19,28-29H,6,9,12-15H2,1-5H3/t18-,19-,22+,23+,24-,25+,26-/m1/s1. The van der Waals surface area contributed by atoms with Gasteiger partial charge in [-0.05, 0) is 64.8 Å². The second-order valence-corrected chi connectivity index (χ2v) is 11.2. The Morgan fingerprint density at radius 3 is 2.81 bits per heavy atom. The Bertz CT molecular complexity index is 1000. The Hall–Kier alpha value is -1.56. The molecule has 7 atom stereocenters. The van der Waals surface area contributed by atoms with Crippen LogP contribution in [0.1, 0.15) is 57.6 Å². The summed E-state index contributed by atoms with van der Waals surface area (Å²) in [7, 11) is 4.01. The summed E-state index contributed by atoms with van der Waals surface area (Å²) in [4.78, 5) is 2.51. The van der Waals surface area contributed by atoms with E-state index in [0.29, 0.717) is 11.8 Å². The maximum absolute atomic E-state index is 11.8. The Morgan fingerprint density at radius 2 is 2.10 bits per heavy atom. The minimum atomic E-state index is -0.875. The lowest BCUT2D eigenvalue weighted by molar-refractivity contribution is -0.286. The quantitative estimate of drug-likeness (QED) is 0.723. The van der Waals surface area contributed by atoms with Crippen LogP contribution in [0.15, 0.2) is 24.3 Å². The van der Waals surface area contributed by atoms with Crippen molar-refractivity contribution in [1.29, 1.82) is 0 Å². The summed E-state index contributed by atoms with van der Waals surface area (Å²) < 4.78 is 13.4. The third-order valence-electron chi connectivity index (χ3n) is 10.2. The van der Waals surface area contributed by atoms with Gasteiger partial charge in [0.15, 0.2) is 11.5 Å². The molecule has 5 heteroatoms. The number of methoxy groups -OCH3 is 1. The Morgan fingerprint density at radius 1 is 1.32 bits per heavy atom. The van der Waals surface area contributed by atoms with Crippen LogP contribution in [-0.4, -0.2) is 58.7 Å². The van der Waals surface area contributed by atoms with Crippen molar-refractivity contribution in [3.63, 3.8) is 0 Å². The van der Waals surface area contributed by atoms with Gasteiger partial charge in [0.1, 0.15) is 11.2 Å². The summed E-state index contributed by atoms with van der Waals surface area (Å²) in [5.41, 5.74) is -0.290. The second kappa shape index (κ2) is 5.67. The van der Waals surface area contributed by atoms with Crippen molar-refractivity contribution in [2.24, 2.45) is 11.3 Å². The molecule has 1 aromatic rings. The number of hydrogen-bond acceptors (Lipinski definition) is 5. The lowest BCUT2D eigenvalue weighted by Crippen LogP contribution is -2.85. The number of rotatable bonds is 4. The van der Waals surface area contributed by atoms with Crippen LogP contribution < -0.4 is 4.74 Å². The van der Waals surface area contributed by atoms with E-state index in [0.717, 1.165) is 38.6 Å². The molecule has 2 fully saturated rings. The normalized spacial score (nSPS) is 45.9. The van der Waals surface area contributed by atoms with Crippen molar-refractivity contribution in [1.82, 2.24) is 4.90 Å². The van der Waals surface area contributed by atoms with E-state index < -0.39 is 16.8 Å². The summed E-state index contributed by atoms with van der Waals surface area (Å²) in [6.45, 7) is 7.29. The fraction of sp³-hybridized carbons (Fsp3) is 0.692. The maximum Gasteiger partial charge on any atom is 0.166 e. The highest BCUT2D eigenvalue weighted by Crippen LogP contribution is 2.79. The van der Waals surface area contributed by atoms with Gasteiger partial charge in [-0.15, -0.1) is 0 Å². The molecule has 2 spiro atoms. The van der Waals surface area contributed by atoms with Gasteiger partial charge in [-0.25, -0.2) is 0 Å². The lowest BCUT2D eigenvalue weighted by Gasteiger charge is -2.75. The third-order valence-corrected chi connectivity index (χ3v) is 10.2. The molecular formula is C26H35NO4. The molecule has 168 valence electrons. The van der Waals surface area contributed by atoms with Crippen molar-refractivity contribution in [3.8, 4) is 11.5 Å². The predicted octanol–water partition coefficient (Wildman–Crippen LogP) is 3.55. The van der Waals surface area contributed by atoms with E-state index in [1.807, 2.05) is 6.92 Å². The van der Waals surface area contributed by atoms with Crippen LogP contribution in [0.2, 0.25) is 0 Å². The van der Waals surface area contributed by atoms with E-state index in [1.54, 1.807) is 13.2 Å². The van der Waals surface area contributed by atoms with Crippen LogP contribution in [0.5, 0.6) is 11.5 Å². The summed E-state index contributed by atoms with van der Waals surface area (Å²) in [5.74, 6) is 0.771. The van der Waals surface area contributed by atoms with Gasteiger partial charge < -0.3 is 24.6 Å². The molecule has 5 nitrogen and oxygen atoms in total. The van der Waals surface area contributed by atoms with Crippen LogP contribution in [0, 0.1) is 11.3 Å². The van der Waals surface area contributed by atoms with Crippen LogP contribution in [-0.2, 0) is 16.6 Å². The van der Waals surface area contributed by atoms with Gasteiger partial charge in [0, 0.05) is 30.0 Å². The first-order valence-electron chi connectivity index (χ1n) is 11.9. The number of fused-ring (bicyclic) bond motifs is 1. The Kier molecular flexibility index (Phi) is 3.67. The molecule has 4 aliphatic carbocycles. The molecule has 2 N–H and O–H groups in total. The number of aromatic hydroxyl groups is 1. The molecule has 0 unspecified atom stereocenters. The van der Waals surface area contributed by atoms with Crippen molar-refractivity contribution in [2.45, 2.75) is 81.1 Å². The van der Waals surface area contributed by atoms with Crippen molar-refractivity contribution in [2.75, 3.05) is 20.7 Å². The van der Waals surface area contributed by atoms with Gasteiger partial charge in [0.05, 0.1) is 11.0 Å². The molecule has 31 heavy (non-hydrogen) atoms. The van der Waals surface area contributed by atoms with E-state index >= 15 is 0 Å². The number of piperidine rings is 1. The van der Waals surface area contributed by atoms with Crippen LogP contribution in [0.25, 0.3) is 0 Å². The smallest absolute Gasteiger partial charge is 0.166 e. The van der Waals surface area contributed by atoms with E-state index in [2.05, 4.69) is 44.0 Å². The summed E-state index contributed by atoms with van der Waals surface area (Å²) in [6, 6.07) is 4.22. The topological polar surface area (TPSA) is 62.2 Å². The average molecular weight is 426 g/mol. The predicted molar refractivity (Wildman–Crippen MR) is 119 cm³/mol. The number of benzene rings is 1. The number of phenolic OH excluding ortho intramolecular Hbond substituents is 1. The van der Waals surface area contributed by atoms with Crippen LogP contribution in [0.3, 0.4) is 0 Å². The molecule has 2 heterocycles. The number of aliphatic hydroxyl groups is 1. The molecule has 1 saturated carbocycles. The Balaban J connectivity index is 1.71. The highest BCUT2D eigenvalue weighted by atomic mass is 16.6. The fourth-order valence-corrected chi connectivity index (χ4v) is 9.06. The third kappa shape index (κ3) is 1.82. The van der Waals surface area contributed by atoms with E-state index in [4.69, 9.17) is 9.47 Å². The molecule has 0 aromatic heterocycles. The second-order valence-electron chi connectivity index (χ2n) is 11.2. The van der Waals surface area contributed by atoms with Crippen molar-refractivity contribution >= 4 is 0 Å². The van der Waals surface area contributed by atoms with Gasteiger partial charge >= 0.3 is 0 Å². The van der Waals surface area contributed by atoms with Gasteiger partial charge in [0.25, 0.3) is 0 Å². The number of phenols is 1. The summed E-state index contributed by atoms with van der Waals surface area (Å²) in [5, 5.41) is 22.7. The van der Waals surface area contributed by atoms with Gasteiger partial charge in [-0.1, -0.05) is 31.6 Å². The maximum atomic E-state index is 11.8. The molecule has 4 bridgehead atoms. The van der Waals surface area contributed by atoms with E-state index in [1.165, 1.54) is 11.1 Å². The molecule has 6 aliphatic rings. The monoisotopic (exact) mass is 425 g/mol. The number of ether oxygens (including phenoxy) is 2. The molecule has 1 aromatic carbocycles. The molecule has 0 radical (unpaired) electrons. The molecular weight excluding hydrogens is 390 g/mol. The van der Waals surface area contributed by atoms with Gasteiger partial charge in [0.2, 0.25) is 0 Å². The van der Waals surface area contributed by atoms with Gasteiger partial charge in [-0.3, -0.25) is 0 Å². The van der Waals surface area contributed by atoms with Crippen LogP contribution >= 0.6 is 0 Å². The number of nitrogens with zero attached hydrogens (tertiary/aromatic N) is 1. The zero-order valence-corrected chi connectivity index (χ0v) is 19.4. The fourth-order valence-electron chi connectivity index (χ4n) is 9.06. The SMILES string of the molecule is CCC[C@](C)(O)[C@H]1C[C@@]23C=C[C@]1(OC)[C@@]1(C)Oc4c(O)ccc5c4[C@@]12CCN(C)[C@@H]3C5. The molecule has 0 amide bonds. The minimum Gasteiger partial charge on any atom is -0.504 e. The van der Waals surface area contributed by atoms with E-state index in [-0.39, 0.29) is 22.5 Å². The highest BCUT2D eigenvalue weighted by Gasteiger charge is 2.85. The minimum absolute atomic E-state index is 0.0971. The molecule has 2 aliphatic heterocycles.